The van der Waals surface area contributed by atoms with Crippen LogP contribution in [0.4, 0.5) is 0 Å². The number of hydrogen-bond acceptors (Lipinski definition) is 3. The molecule has 0 saturated carbocycles. The van der Waals surface area contributed by atoms with Crippen LogP contribution in [0.1, 0.15) is 53.9 Å². The lowest BCUT2D eigenvalue weighted by molar-refractivity contribution is -0.134. The Balaban J connectivity index is 2.11. The van der Waals surface area contributed by atoms with Gasteiger partial charge in [0.2, 0.25) is 5.91 Å². The maximum absolute atomic E-state index is 12.2. The molecular weight excluding hydrogens is 276 g/mol. The van der Waals surface area contributed by atoms with E-state index in [1.807, 2.05) is 4.90 Å². The highest BCUT2D eigenvalue weighted by Crippen LogP contribution is 2.18. The summed E-state index contributed by atoms with van der Waals surface area (Å²) in [5, 5.41) is 0. The average molecular weight is 312 g/mol. The van der Waals surface area contributed by atoms with Crippen molar-refractivity contribution in [1.82, 2.24) is 9.80 Å². The summed E-state index contributed by atoms with van der Waals surface area (Å²) in [6, 6.07) is 0.577. The highest BCUT2D eigenvalue weighted by Gasteiger charge is 2.22. The lowest BCUT2D eigenvalue weighted by Crippen LogP contribution is -2.50. The van der Waals surface area contributed by atoms with Crippen molar-refractivity contribution >= 4 is 5.91 Å². The van der Waals surface area contributed by atoms with Gasteiger partial charge < -0.3 is 9.64 Å². The van der Waals surface area contributed by atoms with Crippen LogP contribution in [0.15, 0.2) is 0 Å². The van der Waals surface area contributed by atoms with Gasteiger partial charge in [0.1, 0.15) is 0 Å². The van der Waals surface area contributed by atoms with Crippen LogP contribution in [0.2, 0.25) is 0 Å². The molecule has 1 amide bonds. The maximum Gasteiger partial charge on any atom is 0.224 e. The van der Waals surface area contributed by atoms with Crippen molar-refractivity contribution in [2.45, 2.75) is 59.9 Å². The van der Waals surface area contributed by atoms with E-state index < -0.39 is 0 Å². The van der Waals surface area contributed by atoms with E-state index in [1.165, 1.54) is 6.42 Å². The van der Waals surface area contributed by atoms with Crippen molar-refractivity contribution in [3.8, 4) is 0 Å². The fraction of sp³-hybridized carbons (Fsp3) is 0.944. The lowest BCUT2D eigenvalue weighted by Gasteiger charge is -2.37. The molecule has 1 rings (SSSR count). The van der Waals surface area contributed by atoms with Gasteiger partial charge in [0.05, 0.1) is 13.0 Å². The monoisotopic (exact) mass is 312 g/mol. The van der Waals surface area contributed by atoms with Gasteiger partial charge in [0.25, 0.3) is 0 Å². The second kappa shape index (κ2) is 10.2. The normalized spacial score (nSPS) is 18.2. The van der Waals surface area contributed by atoms with E-state index in [1.54, 1.807) is 0 Å². The Labute approximate surface area is 137 Å². The third-order valence-corrected chi connectivity index (χ3v) is 4.96. The highest BCUT2D eigenvalue weighted by atomic mass is 16.5. The van der Waals surface area contributed by atoms with Gasteiger partial charge in [-0.15, -0.1) is 0 Å². The molecule has 0 N–H and O–H groups in total. The summed E-state index contributed by atoms with van der Waals surface area (Å²) in [6.45, 7) is 16.3. The Morgan fingerprint density at radius 1 is 1.05 bits per heavy atom. The zero-order valence-corrected chi connectivity index (χ0v) is 15.3. The Hall–Kier alpha value is -0.610. The molecule has 0 aromatic carbocycles. The first-order valence-electron chi connectivity index (χ1n) is 9.05. The van der Waals surface area contributed by atoms with Gasteiger partial charge in [-0.3, -0.25) is 9.69 Å². The Morgan fingerprint density at radius 3 is 2.18 bits per heavy atom. The summed E-state index contributed by atoms with van der Waals surface area (Å²) >= 11 is 0. The molecule has 0 aromatic rings. The molecule has 0 aliphatic carbocycles. The second-order valence-electron chi connectivity index (χ2n) is 7.07. The third kappa shape index (κ3) is 6.66. The van der Waals surface area contributed by atoms with E-state index in [2.05, 4.69) is 39.5 Å². The predicted octanol–water partition coefficient (Wildman–Crippen LogP) is 3.02. The van der Waals surface area contributed by atoms with Gasteiger partial charge in [-0.2, -0.15) is 0 Å². The summed E-state index contributed by atoms with van der Waals surface area (Å²) in [7, 11) is 0. The van der Waals surface area contributed by atoms with Gasteiger partial charge in [0.15, 0.2) is 0 Å². The standard InChI is InChI=1S/C18H36N2O2/c1-6-17(15(2)3)7-13-22-14-8-18(21)20-11-9-19(10-12-20)16(4)5/h15-17H,6-14H2,1-5H3. The van der Waals surface area contributed by atoms with Crippen LogP contribution in [-0.2, 0) is 9.53 Å². The number of nitrogens with zero attached hydrogens (tertiary/aromatic N) is 2. The van der Waals surface area contributed by atoms with E-state index in [-0.39, 0.29) is 5.91 Å². The molecule has 0 bridgehead atoms. The number of ether oxygens (including phenoxy) is 1. The summed E-state index contributed by atoms with van der Waals surface area (Å²) < 4.78 is 5.68. The quantitative estimate of drug-likeness (QED) is 0.614. The number of rotatable bonds is 9. The van der Waals surface area contributed by atoms with Crippen LogP contribution in [0.3, 0.4) is 0 Å². The molecule has 130 valence electrons. The summed E-state index contributed by atoms with van der Waals surface area (Å²) in [5.41, 5.74) is 0. The molecule has 0 aromatic heterocycles. The zero-order valence-electron chi connectivity index (χ0n) is 15.3. The topological polar surface area (TPSA) is 32.8 Å². The number of hydrogen-bond donors (Lipinski definition) is 0. The molecule has 1 saturated heterocycles. The molecule has 0 radical (unpaired) electrons. The van der Waals surface area contributed by atoms with Crippen molar-refractivity contribution < 1.29 is 9.53 Å². The van der Waals surface area contributed by atoms with Crippen molar-refractivity contribution in [1.29, 1.82) is 0 Å². The molecule has 1 atom stereocenters. The zero-order chi connectivity index (χ0) is 16.5. The molecule has 1 fully saturated rings. The molecule has 4 heteroatoms. The van der Waals surface area contributed by atoms with Crippen LogP contribution < -0.4 is 0 Å². The Bertz CT molecular complexity index is 310. The minimum atomic E-state index is 0.249. The first-order chi connectivity index (χ1) is 10.5. The minimum absolute atomic E-state index is 0.249. The summed E-state index contributed by atoms with van der Waals surface area (Å²) in [6.07, 6.45) is 2.84. The second-order valence-corrected chi connectivity index (χ2v) is 7.07. The molecular formula is C18H36N2O2. The van der Waals surface area contributed by atoms with E-state index in [0.717, 1.165) is 45.1 Å². The van der Waals surface area contributed by atoms with Gasteiger partial charge in [0, 0.05) is 38.8 Å². The SMILES string of the molecule is CCC(CCOCCC(=O)N1CCN(C(C)C)CC1)C(C)C. The van der Waals surface area contributed by atoms with E-state index in [9.17, 15) is 4.79 Å². The Morgan fingerprint density at radius 2 is 1.68 bits per heavy atom. The van der Waals surface area contributed by atoms with Crippen molar-refractivity contribution in [2.24, 2.45) is 11.8 Å². The van der Waals surface area contributed by atoms with Gasteiger partial charge in [-0.1, -0.05) is 27.2 Å². The van der Waals surface area contributed by atoms with E-state index in [0.29, 0.717) is 25.0 Å². The lowest BCUT2D eigenvalue weighted by atomic mass is 9.91. The largest absolute Gasteiger partial charge is 0.381 e. The first kappa shape index (κ1) is 19.4. The van der Waals surface area contributed by atoms with Crippen LogP contribution in [0.5, 0.6) is 0 Å². The molecule has 1 unspecified atom stereocenters. The van der Waals surface area contributed by atoms with Crippen molar-refractivity contribution in [2.75, 3.05) is 39.4 Å². The Kier molecular flexibility index (Phi) is 9.03. The molecule has 0 spiro atoms. The van der Waals surface area contributed by atoms with E-state index >= 15 is 0 Å². The number of amides is 1. The molecule has 1 aliphatic rings. The van der Waals surface area contributed by atoms with Crippen molar-refractivity contribution in [3.63, 3.8) is 0 Å². The maximum atomic E-state index is 12.2. The van der Waals surface area contributed by atoms with Gasteiger partial charge in [-0.25, -0.2) is 0 Å². The number of carbonyl (C=O) groups is 1. The fourth-order valence-electron chi connectivity index (χ4n) is 3.15. The first-order valence-corrected chi connectivity index (χ1v) is 9.05. The van der Waals surface area contributed by atoms with E-state index in [4.69, 9.17) is 4.74 Å². The third-order valence-electron chi connectivity index (χ3n) is 4.96. The smallest absolute Gasteiger partial charge is 0.224 e. The van der Waals surface area contributed by atoms with Gasteiger partial charge >= 0.3 is 0 Å². The predicted molar refractivity (Wildman–Crippen MR) is 92.0 cm³/mol. The average Bonchev–Trinajstić information content (AvgIpc) is 2.50. The van der Waals surface area contributed by atoms with Crippen LogP contribution in [0, 0.1) is 11.8 Å². The molecule has 22 heavy (non-hydrogen) atoms. The highest BCUT2D eigenvalue weighted by molar-refractivity contribution is 5.76. The van der Waals surface area contributed by atoms with Crippen LogP contribution >= 0.6 is 0 Å². The van der Waals surface area contributed by atoms with Crippen LogP contribution in [0.25, 0.3) is 0 Å². The summed E-state index contributed by atoms with van der Waals surface area (Å²) in [5.74, 6) is 1.70. The number of piperazine rings is 1. The summed E-state index contributed by atoms with van der Waals surface area (Å²) in [4.78, 5) is 16.6. The molecule has 1 heterocycles. The fourth-order valence-corrected chi connectivity index (χ4v) is 3.15. The van der Waals surface area contributed by atoms with Crippen molar-refractivity contribution in [3.05, 3.63) is 0 Å². The van der Waals surface area contributed by atoms with Crippen LogP contribution in [-0.4, -0.2) is 61.1 Å². The molecule has 4 nitrogen and oxygen atoms in total. The minimum Gasteiger partial charge on any atom is -0.381 e. The molecule has 1 aliphatic heterocycles. The number of carbonyl (C=O) groups excluding carboxylic acids is 1. The van der Waals surface area contributed by atoms with Gasteiger partial charge in [-0.05, 0) is 32.1 Å².